The molecule has 1 aliphatic rings. The first-order chi connectivity index (χ1) is 10.1. The molecule has 0 aliphatic carbocycles. The van der Waals surface area contributed by atoms with E-state index >= 15 is 0 Å². The van der Waals surface area contributed by atoms with E-state index < -0.39 is 0 Å². The van der Waals surface area contributed by atoms with E-state index in [1.54, 1.807) is 0 Å². The lowest BCUT2D eigenvalue weighted by atomic mass is 10.1. The summed E-state index contributed by atoms with van der Waals surface area (Å²) in [6, 6.07) is 13.0. The zero-order valence-corrected chi connectivity index (χ0v) is 12.1. The van der Waals surface area contributed by atoms with E-state index in [1.165, 1.54) is 6.07 Å². The van der Waals surface area contributed by atoms with Gasteiger partial charge in [0.15, 0.2) is 0 Å². The molecule has 3 nitrogen and oxygen atoms in total. The molecule has 2 N–H and O–H groups in total. The SMILES string of the molecule is C[C@H](N)c1ccc(N2CCOc3ccccc3C2)c(F)c1. The molecule has 0 bridgehead atoms. The minimum absolute atomic E-state index is 0.165. The number of fused-ring (bicyclic) bond motifs is 1. The maximum Gasteiger partial charge on any atom is 0.146 e. The highest BCUT2D eigenvalue weighted by molar-refractivity contribution is 5.51. The molecule has 0 spiro atoms. The number of nitrogens with zero attached hydrogens (tertiary/aromatic N) is 1. The van der Waals surface area contributed by atoms with Crippen molar-refractivity contribution in [3.05, 3.63) is 59.4 Å². The summed E-state index contributed by atoms with van der Waals surface area (Å²) in [6.07, 6.45) is 0. The molecular formula is C17H19FN2O. The normalized spacial score (nSPS) is 15.9. The molecule has 2 aromatic rings. The Bertz CT molecular complexity index is 642. The van der Waals surface area contributed by atoms with Gasteiger partial charge in [0.1, 0.15) is 18.2 Å². The van der Waals surface area contributed by atoms with Crippen LogP contribution in [0.25, 0.3) is 0 Å². The fraction of sp³-hybridized carbons (Fsp3) is 0.294. The molecule has 2 aromatic carbocycles. The van der Waals surface area contributed by atoms with Crippen molar-refractivity contribution in [1.29, 1.82) is 0 Å². The first kappa shape index (κ1) is 13.9. The van der Waals surface area contributed by atoms with E-state index in [4.69, 9.17) is 10.5 Å². The molecule has 0 radical (unpaired) electrons. The number of halogens is 1. The van der Waals surface area contributed by atoms with Crippen LogP contribution in [0.1, 0.15) is 24.1 Å². The highest BCUT2D eigenvalue weighted by atomic mass is 19.1. The van der Waals surface area contributed by atoms with Gasteiger partial charge in [-0.2, -0.15) is 0 Å². The maximum atomic E-state index is 14.4. The van der Waals surface area contributed by atoms with Gasteiger partial charge in [-0.3, -0.25) is 0 Å². The summed E-state index contributed by atoms with van der Waals surface area (Å²) < 4.78 is 20.1. The zero-order valence-electron chi connectivity index (χ0n) is 12.1. The van der Waals surface area contributed by atoms with Gasteiger partial charge >= 0.3 is 0 Å². The van der Waals surface area contributed by atoms with Crippen molar-refractivity contribution in [2.75, 3.05) is 18.1 Å². The van der Waals surface area contributed by atoms with E-state index in [2.05, 4.69) is 0 Å². The maximum absolute atomic E-state index is 14.4. The summed E-state index contributed by atoms with van der Waals surface area (Å²) in [5.41, 5.74) is 8.28. The van der Waals surface area contributed by atoms with Gasteiger partial charge in [-0.25, -0.2) is 4.39 Å². The molecule has 0 fully saturated rings. The van der Waals surface area contributed by atoms with Crippen LogP contribution in [-0.4, -0.2) is 13.2 Å². The van der Waals surface area contributed by atoms with Crippen molar-refractivity contribution in [1.82, 2.24) is 0 Å². The Morgan fingerprint density at radius 3 is 2.81 bits per heavy atom. The van der Waals surface area contributed by atoms with Gasteiger partial charge in [-0.05, 0) is 30.7 Å². The smallest absolute Gasteiger partial charge is 0.146 e. The topological polar surface area (TPSA) is 38.5 Å². The van der Waals surface area contributed by atoms with Crippen molar-refractivity contribution in [2.45, 2.75) is 19.5 Å². The van der Waals surface area contributed by atoms with E-state index in [9.17, 15) is 4.39 Å². The van der Waals surface area contributed by atoms with Crippen LogP contribution >= 0.6 is 0 Å². The number of hydrogen-bond donors (Lipinski definition) is 1. The lowest BCUT2D eigenvalue weighted by molar-refractivity contribution is 0.331. The molecule has 1 aliphatic heterocycles. The number of rotatable bonds is 2. The number of nitrogens with two attached hydrogens (primary N) is 1. The molecule has 0 saturated heterocycles. The second-order valence-corrected chi connectivity index (χ2v) is 5.38. The third kappa shape index (κ3) is 2.85. The van der Waals surface area contributed by atoms with Gasteiger partial charge in [-0.1, -0.05) is 24.3 Å². The molecular weight excluding hydrogens is 267 g/mol. The molecule has 4 heteroatoms. The van der Waals surface area contributed by atoms with Crippen molar-refractivity contribution in [2.24, 2.45) is 5.73 Å². The van der Waals surface area contributed by atoms with Crippen molar-refractivity contribution >= 4 is 5.69 Å². The molecule has 0 unspecified atom stereocenters. The highest BCUT2D eigenvalue weighted by Crippen LogP contribution is 2.28. The van der Waals surface area contributed by atoms with E-state index in [-0.39, 0.29) is 11.9 Å². The first-order valence-corrected chi connectivity index (χ1v) is 7.16. The van der Waals surface area contributed by atoms with Gasteiger partial charge in [0, 0.05) is 18.2 Å². The third-order valence-corrected chi connectivity index (χ3v) is 3.79. The monoisotopic (exact) mass is 286 g/mol. The summed E-state index contributed by atoms with van der Waals surface area (Å²) in [5.74, 6) is 0.650. The second kappa shape index (κ2) is 5.74. The van der Waals surface area contributed by atoms with Crippen molar-refractivity contribution in [3.63, 3.8) is 0 Å². The Balaban J connectivity index is 1.91. The van der Waals surface area contributed by atoms with Crippen LogP contribution in [0.3, 0.4) is 0 Å². The average Bonchev–Trinajstić information content (AvgIpc) is 2.69. The Labute approximate surface area is 124 Å². The Kier molecular flexibility index (Phi) is 3.80. The van der Waals surface area contributed by atoms with Crippen molar-refractivity contribution < 1.29 is 9.13 Å². The van der Waals surface area contributed by atoms with Gasteiger partial charge in [0.2, 0.25) is 0 Å². The first-order valence-electron chi connectivity index (χ1n) is 7.16. The number of para-hydroxylation sites is 1. The molecule has 0 saturated carbocycles. The summed E-state index contributed by atoms with van der Waals surface area (Å²) in [7, 11) is 0. The molecule has 0 aromatic heterocycles. The Hall–Kier alpha value is -2.07. The number of ether oxygens (including phenoxy) is 1. The van der Waals surface area contributed by atoms with E-state index in [0.29, 0.717) is 25.4 Å². The van der Waals surface area contributed by atoms with Gasteiger partial charge in [0.05, 0.1) is 12.2 Å². The lowest BCUT2D eigenvalue weighted by Gasteiger charge is -2.23. The molecule has 110 valence electrons. The van der Waals surface area contributed by atoms with Gasteiger partial charge < -0.3 is 15.4 Å². The summed E-state index contributed by atoms with van der Waals surface area (Å²) >= 11 is 0. The van der Waals surface area contributed by atoms with Crippen LogP contribution in [0.2, 0.25) is 0 Å². The average molecular weight is 286 g/mol. The standard InChI is InChI=1S/C17H19FN2O/c1-12(19)13-6-7-16(15(18)10-13)20-8-9-21-17-5-3-2-4-14(17)11-20/h2-7,10,12H,8-9,11,19H2,1H3/t12-/m0/s1. The zero-order chi connectivity index (χ0) is 14.8. The Morgan fingerprint density at radius 1 is 1.24 bits per heavy atom. The fourth-order valence-electron chi connectivity index (χ4n) is 2.59. The van der Waals surface area contributed by atoms with Crippen LogP contribution in [0, 0.1) is 5.82 Å². The largest absolute Gasteiger partial charge is 0.491 e. The fourth-order valence-corrected chi connectivity index (χ4v) is 2.59. The highest BCUT2D eigenvalue weighted by Gasteiger charge is 2.18. The predicted octanol–water partition coefficient (Wildman–Crippen LogP) is 3.24. The van der Waals surface area contributed by atoms with E-state index in [1.807, 2.05) is 48.2 Å². The Morgan fingerprint density at radius 2 is 2.05 bits per heavy atom. The number of benzene rings is 2. The summed E-state index contributed by atoms with van der Waals surface area (Å²) in [5, 5.41) is 0. The number of anilines is 1. The lowest BCUT2D eigenvalue weighted by Crippen LogP contribution is -2.26. The second-order valence-electron chi connectivity index (χ2n) is 5.38. The quantitative estimate of drug-likeness (QED) is 0.921. The van der Waals surface area contributed by atoms with Crippen molar-refractivity contribution in [3.8, 4) is 5.75 Å². The molecule has 1 atom stereocenters. The molecule has 1 heterocycles. The summed E-state index contributed by atoms with van der Waals surface area (Å²) in [6.45, 7) is 3.70. The van der Waals surface area contributed by atoms with Crippen LogP contribution in [0.5, 0.6) is 5.75 Å². The van der Waals surface area contributed by atoms with Crippen LogP contribution in [0.15, 0.2) is 42.5 Å². The van der Waals surface area contributed by atoms with Gasteiger partial charge in [0.25, 0.3) is 0 Å². The summed E-state index contributed by atoms with van der Waals surface area (Å²) in [4.78, 5) is 2.01. The minimum Gasteiger partial charge on any atom is -0.491 e. The van der Waals surface area contributed by atoms with Crippen LogP contribution in [-0.2, 0) is 6.54 Å². The van der Waals surface area contributed by atoms with Crippen LogP contribution in [0.4, 0.5) is 10.1 Å². The predicted molar refractivity (Wildman–Crippen MR) is 82.0 cm³/mol. The third-order valence-electron chi connectivity index (χ3n) is 3.79. The van der Waals surface area contributed by atoms with Crippen LogP contribution < -0.4 is 15.4 Å². The molecule has 3 rings (SSSR count). The molecule has 0 amide bonds. The number of hydrogen-bond acceptors (Lipinski definition) is 3. The molecule has 21 heavy (non-hydrogen) atoms. The van der Waals surface area contributed by atoms with E-state index in [0.717, 1.165) is 16.9 Å². The van der Waals surface area contributed by atoms with Gasteiger partial charge in [-0.15, -0.1) is 0 Å². The minimum atomic E-state index is -0.232.